The summed E-state index contributed by atoms with van der Waals surface area (Å²) >= 11 is 0. The van der Waals surface area contributed by atoms with Gasteiger partial charge in [-0.1, -0.05) is 30.3 Å². The topological polar surface area (TPSA) is 45.0 Å². The Morgan fingerprint density at radius 3 is 2.33 bits per heavy atom. The van der Waals surface area contributed by atoms with Crippen molar-refractivity contribution in [2.75, 3.05) is 12.4 Å². The smallest absolute Gasteiger partial charge is 0.404 e. The van der Waals surface area contributed by atoms with Crippen LogP contribution in [-0.2, 0) is 0 Å². The molecule has 0 fully saturated rings. The normalized spacial score (nSPS) is 10.8. The molecule has 0 saturated carbocycles. The van der Waals surface area contributed by atoms with Gasteiger partial charge in [-0.25, -0.2) is 0 Å². The van der Waals surface area contributed by atoms with Gasteiger partial charge in [0.1, 0.15) is 11.8 Å². The van der Waals surface area contributed by atoms with Crippen molar-refractivity contribution in [3.63, 3.8) is 0 Å². The van der Waals surface area contributed by atoms with Crippen molar-refractivity contribution < 1.29 is 17.9 Å². The van der Waals surface area contributed by atoms with E-state index in [1.165, 1.54) is 12.1 Å². The molecule has 0 radical (unpaired) electrons. The fourth-order valence-corrected chi connectivity index (χ4v) is 1.94. The number of ether oxygens (including phenoxy) is 1. The van der Waals surface area contributed by atoms with Crippen LogP contribution in [-0.4, -0.2) is 13.4 Å². The van der Waals surface area contributed by atoms with Crippen LogP contribution in [0.4, 0.5) is 18.9 Å². The van der Waals surface area contributed by atoms with E-state index in [2.05, 4.69) is 10.1 Å². The van der Waals surface area contributed by atoms with Crippen molar-refractivity contribution in [2.45, 2.75) is 6.36 Å². The Bertz CT molecular complexity index is 676. The molecule has 0 aromatic heterocycles. The molecule has 0 amide bonds. The molecule has 0 bridgehead atoms. The Labute approximate surface area is 119 Å². The van der Waals surface area contributed by atoms with E-state index in [0.717, 1.165) is 5.56 Å². The zero-order valence-electron chi connectivity index (χ0n) is 11.0. The highest BCUT2D eigenvalue weighted by molar-refractivity contribution is 5.81. The average molecular weight is 292 g/mol. The monoisotopic (exact) mass is 292 g/mol. The molecular weight excluding hydrogens is 281 g/mol. The molecular formula is C15H11F3N2O. The van der Waals surface area contributed by atoms with Crippen LogP contribution in [0.3, 0.4) is 0 Å². The van der Waals surface area contributed by atoms with Crippen LogP contribution in [0.2, 0.25) is 0 Å². The number of anilines is 1. The first-order valence-corrected chi connectivity index (χ1v) is 6.01. The van der Waals surface area contributed by atoms with Crippen molar-refractivity contribution >= 4 is 5.69 Å². The molecule has 0 aliphatic carbocycles. The number of alkyl halides is 3. The molecule has 3 nitrogen and oxygen atoms in total. The van der Waals surface area contributed by atoms with Gasteiger partial charge in [0.25, 0.3) is 0 Å². The van der Waals surface area contributed by atoms with E-state index in [4.69, 9.17) is 5.26 Å². The van der Waals surface area contributed by atoms with Crippen molar-refractivity contribution in [2.24, 2.45) is 0 Å². The highest BCUT2D eigenvalue weighted by atomic mass is 19.4. The van der Waals surface area contributed by atoms with Crippen LogP contribution < -0.4 is 10.1 Å². The summed E-state index contributed by atoms with van der Waals surface area (Å²) in [6.07, 6.45) is -4.84. The summed E-state index contributed by atoms with van der Waals surface area (Å²) in [7, 11) is 1.59. The number of hydrogen-bond acceptors (Lipinski definition) is 3. The minimum Gasteiger partial charge on any atom is -0.404 e. The van der Waals surface area contributed by atoms with Crippen molar-refractivity contribution in [3.8, 4) is 22.9 Å². The van der Waals surface area contributed by atoms with Gasteiger partial charge < -0.3 is 10.1 Å². The number of nitrogens with one attached hydrogen (secondary N) is 1. The molecule has 0 atom stereocenters. The Morgan fingerprint density at radius 1 is 1.14 bits per heavy atom. The lowest BCUT2D eigenvalue weighted by atomic mass is 10.0. The maximum atomic E-state index is 12.4. The van der Waals surface area contributed by atoms with E-state index in [0.29, 0.717) is 11.3 Å². The van der Waals surface area contributed by atoms with Gasteiger partial charge in [-0.2, -0.15) is 5.26 Å². The summed E-state index contributed by atoms with van der Waals surface area (Å²) in [5.74, 6) is -0.519. The standard InChI is InChI=1S/C15H11F3N2O/c1-20-13-8-14(21-15(16,17)18)11(9-19)7-12(13)10-5-3-2-4-6-10/h2-8,20H,1H3. The largest absolute Gasteiger partial charge is 0.573 e. The second-order valence-corrected chi connectivity index (χ2v) is 4.17. The first-order chi connectivity index (χ1) is 9.94. The van der Waals surface area contributed by atoms with Gasteiger partial charge in [-0.05, 0) is 11.6 Å². The van der Waals surface area contributed by atoms with E-state index in [-0.39, 0.29) is 5.56 Å². The third-order valence-electron chi connectivity index (χ3n) is 2.82. The van der Waals surface area contributed by atoms with E-state index < -0.39 is 12.1 Å². The third-order valence-corrected chi connectivity index (χ3v) is 2.82. The van der Waals surface area contributed by atoms with Gasteiger partial charge in [-0.3, -0.25) is 0 Å². The second kappa shape index (κ2) is 5.75. The number of hydrogen-bond donors (Lipinski definition) is 1. The fraction of sp³-hybridized carbons (Fsp3) is 0.133. The van der Waals surface area contributed by atoms with Gasteiger partial charge in [-0.15, -0.1) is 13.2 Å². The van der Waals surface area contributed by atoms with Crippen molar-refractivity contribution in [1.82, 2.24) is 0 Å². The van der Waals surface area contributed by atoms with E-state index in [1.54, 1.807) is 25.2 Å². The third kappa shape index (κ3) is 3.45. The Morgan fingerprint density at radius 2 is 1.81 bits per heavy atom. The van der Waals surface area contributed by atoms with E-state index in [1.807, 2.05) is 18.2 Å². The number of benzene rings is 2. The van der Waals surface area contributed by atoms with Crippen LogP contribution in [0.5, 0.6) is 5.75 Å². The molecule has 0 unspecified atom stereocenters. The first kappa shape index (κ1) is 14.7. The van der Waals surface area contributed by atoms with Crippen LogP contribution >= 0.6 is 0 Å². The Kier molecular flexibility index (Phi) is 4.03. The van der Waals surface area contributed by atoms with E-state index >= 15 is 0 Å². The van der Waals surface area contributed by atoms with Crippen molar-refractivity contribution in [3.05, 3.63) is 48.0 Å². The number of rotatable bonds is 3. The summed E-state index contributed by atoms with van der Waals surface area (Å²) in [5.41, 5.74) is 1.69. The first-order valence-electron chi connectivity index (χ1n) is 6.01. The summed E-state index contributed by atoms with van der Waals surface area (Å²) < 4.78 is 41.0. The van der Waals surface area contributed by atoms with Crippen molar-refractivity contribution in [1.29, 1.82) is 5.26 Å². The van der Waals surface area contributed by atoms with Crippen LogP contribution in [0.25, 0.3) is 11.1 Å². The second-order valence-electron chi connectivity index (χ2n) is 4.17. The maximum Gasteiger partial charge on any atom is 0.573 e. The van der Waals surface area contributed by atoms with Gasteiger partial charge in [0.2, 0.25) is 0 Å². The summed E-state index contributed by atoms with van der Waals surface area (Å²) in [5, 5.41) is 11.8. The minimum absolute atomic E-state index is 0.176. The molecule has 0 spiro atoms. The van der Waals surface area contributed by atoms with Crippen LogP contribution in [0.15, 0.2) is 42.5 Å². The molecule has 0 saturated heterocycles. The van der Waals surface area contributed by atoms with Gasteiger partial charge in [0, 0.05) is 24.4 Å². The summed E-state index contributed by atoms with van der Waals surface area (Å²) in [4.78, 5) is 0. The van der Waals surface area contributed by atoms with Crippen LogP contribution in [0, 0.1) is 11.3 Å². The SMILES string of the molecule is CNc1cc(OC(F)(F)F)c(C#N)cc1-c1ccccc1. The lowest BCUT2D eigenvalue weighted by molar-refractivity contribution is -0.274. The molecule has 1 N–H and O–H groups in total. The highest BCUT2D eigenvalue weighted by Crippen LogP contribution is 2.36. The zero-order chi connectivity index (χ0) is 15.5. The fourth-order valence-electron chi connectivity index (χ4n) is 1.94. The number of nitrogens with zero attached hydrogens (tertiary/aromatic N) is 1. The molecule has 2 aromatic rings. The molecule has 0 aliphatic rings. The van der Waals surface area contributed by atoms with Gasteiger partial charge in [0.05, 0.1) is 5.56 Å². The average Bonchev–Trinajstić information content (AvgIpc) is 2.46. The Balaban J connectivity index is 2.57. The highest BCUT2D eigenvalue weighted by Gasteiger charge is 2.32. The summed E-state index contributed by atoms with van der Waals surface area (Å²) in [6.45, 7) is 0. The Hall–Kier alpha value is -2.68. The molecule has 21 heavy (non-hydrogen) atoms. The molecule has 0 aliphatic heterocycles. The predicted octanol–water partition coefficient (Wildman–Crippen LogP) is 4.17. The van der Waals surface area contributed by atoms with E-state index in [9.17, 15) is 13.2 Å². The molecule has 108 valence electrons. The minimum atomic E-state index is -4.84. The number of halogens is 3. The predicted molar refractivity (Wildman–Crippen MR) is 72.8 cm³/mol. The maximum absolute atomic E-state index is 12.4. The quantitative estimate of drug-likeness (QED) is 0.923. The zero-order valence-corrected chi connectivity index (χ0v) is 11.0. The van der Waals surface area contributed by atoms with Crippen LogP contribution in [0.1, 0.15) is 5.56 Å². The molecule has 2 rings (SSSR count). The van der Waals surface area contributed by atoms with Gasteiger partial charge in [0.15, 0.2) is 0 Å². The summed E-state index contributed by atoms with van der Waals surface area (Å²) in [6, 6.07) is 13.3. The lowest BCUT2D eigenvalue weighted by Gasteiger charge is -2.15. The van der Waals surface area contributed by atoms with Gasteiger partial charge >= 0.3 is 6.36 Å². The molecule has 6 heteroatoms. The number of nitriles is 1. The lowest BCUT2D eigenvalue weighted by Crippen LogP contribution is -2.18. The molecule has 2 aromatic carbocycles. The molecule has 0 heterocycles.